The number of piperidine rings is 1. The molecule has 1 saturated heterocycles. The molecule has 4 aromatic rings. The van der Waals surface area contributed by atoms with Crippen molar-refractivity contribution < 1.29 is 19.7 Å². The number of ether oxygens (including phenoxy) is 1. The quantitative estimate of drug-likeness (QED) is 0.305. The third kappa shape index (κ3) is 5.65. The number of carbonyl (C=O) groups is 1. The fraction of sp³-hybridized carbons (Fsp3) is 0.387. The second-order valence-corrected chi connectivity index (χ2v) is 10.7. The number of aliphatic hydroxyl groups excluding tert-OH is 1. The molecule has 1 aliphatic rings. The Bertz CT molecular complexity index is 1380. The van der Waals surface area contributed by atoms with Crippen LogP contribution in [0.3, 0.4) is 0 Å². The molecule has 0 bridgehead atoms. The van der Waals surface area contributed by atoms with Crippen LogP contribution in [0.1, 0.15) is 48.7 Å². The first-order valence-corrected chi connectivity index (χ1v) is 13.3. The van der Waals surface area contributed by atoms with E-state index in [1.54, 1.807) is 6.07 Å². The van der Waals surface area contributed by atoms with Gasteiger partial charge in [0.1, 0.15) is 24.2 Å². The van der Waals surface area contributed by atoms with E-state index in [2.05, 4.69) is 61.2 Å². The Morgan fingerprint density at radius 3 is 2.46 bits per heavy atom. The molecule has 194 valence electrons. The van der Waals surface area contributed by atoms with Gasteiger partial charge in [0, 0.05) is 18.5 Å². The van der Waals surface area contributed by atoms with Crippen molar-refractivity contribution in [2.45, 2.75) is 45.3 Å². The van der Waals surface area contributed by atoms with Crippen molar-refractivity contribution in [3.05, 3.63) is 78.0 Å². The standard InChI is InChI=1S/C31H36N2O4/c1-21(2)18-33-28-8-5-9-30(27(28)17-29(33)31(35)36)37-20-26(34)19-32-14-12-23(13-15-32)25-11-10-22-6-3-4-7-24(22)16-25/h3-11,16-17,21,23,26,34H,12-15,18-20H2,1-2H3,(H,35,36). The van der Waals surface area contributed by atoms with Crippen LogP contribution in [-0.4, -0.2) is 58.0 Å². The van der Waals surface area contributed by atoms with Crippen molar-refractivity contribution >= 4 is 27.6 Å². The summed E-state index contributed by atoms with van der Waals surface area (Å²) in [5.74, 6) is 0.516. The lowest BCUT2D eigenvalue weighted by atomic mass is 9.88. The van der Waals surface area contributed by atoms with E-state index in [1.165, 1.54) is 16.3 Å². The molecule has 5 rings (SSSR count). The number of β-amino-alcohol motifs (C(OH)–C–C–N with tert-alkyl or cyclic N) is 1. The summed E-state index contributed by atoms with van der Waals surface area (Å²) in [7, 11) is 0. The number of aromatic nitrogens is 1. The summed E-state index contributed by atoms with van der Waals surface area (Å²) in [4.78, 5) is 14.1. The fourth-order valence-corrected chi connectivity index (χ4v) is 5.57. The van der Waals surface area contributed by atoms with Crippen LogP contribution in [0.15, 0.2) is 66.7 Å². The summed E-state index contributed by atoms with van der Waals surface area (Å²) in [5, 5.41) is 23.8. The van der Waals surface area contributed by atoms with Gasteiger partial charge in [0.25, 0.3) is 0 Å². The number of aliphatic hydroxyl groups is 1. The summed E-state index contributed by atoms with van der Waals surface area (Å²) in [6.07, 6.45) is 1.53. The second kappa shape index (κ2) is 11.0. The number of benzene rings is 3. The lowest BCUT2D eigenvalue weighted by molar-refractivity contribution is 0.0599. The van der Waals surface area contributed by atoms with Gasteiger partial charge < -0.3 is 24.4 Å². The molecular formula is C31H36N2O4. The van der Waals surface area contributed by atoms with Gasteiger partial charge in [-0.2, -0.15) is 0 Å². The number of aromatic carboxylic acids is 1. The minimum atomic E-state index is -0.949. The van der Waals surface area contributed by atoms with Crippen molar-refractivity contribution in [1.82, 2.24) is 9.47 Å². The SMILES string of the molecule is CC(C)Cn1c(C(=O)O)cc2c(OCC(O)CN3CCC(c4ccc5ccccc5c4)CC3)cccc21. The van der Waals surface area contributed by atoms with Crippen LogP contribution in [0.4, 0.5) is 0 Å². The highest BCUT2D eigenvalue weighted by Gasteiger charge is 2.23. The van der Waals surface area contributed by atoms with Crippen molar-refractivity contribution in [3.8, 4) is 5.75 Å². The van der Waals surface area contributed by atoms with Crippen LogP contribution in [-0.2, 0) is 6.54 Å². The Hall–Kier alpha value is -3.35. The molecule has 3 aromatic carbocycles. The van der Waals surface area contributed by atoms with Crippen molar-refractivity contribution in [1.29, 1.82) is 0 Å². The number of hydrogen-bond donors (Lipinski definition) is 2. The van der Waals surface area contributed by atoms with E-state index in [9.17, 15) is 15.0 Å². The molecular weight excluding hydrogens is 464 g/mol. The van der Waals surface area contributed by atoms with E-state index < -0.39 is 12.1 Å². The largest absolute Gasteiger partial charge is 0.490 e. The predicted octanol–water partition coefficient (Wildman–Crippen LogP) is 5.77. The monoisotopic (exact) mass is 500 g/mol. The third-order valence-electron chi connectivity index (χ3n) is 7.41. The van der Waals surface area contributed by atoms with E-state index in [1.807, 2.05) is 22.8 Å². The zero-order valence-corrected chi connectivity index (χ0v) is 21.6. The second-order valence-electron chi connectivity index (χ2n) is 10.7. The smallest absolute Gasteiger partial charge is 0.352 e. The number of rotatable bonds is 9. The molecule has 1 fully saturated rings. The number of carboxylic acid groups (broad SMARTS) is 1. The Morgan fingerprint density at radius 1 is 0.973 bits per heavy atom. The first kappa shape index (κ1) is 25.3. The van der Waals surface area contributed by atoms with Gasteiger partial charge in [0.05, 0.1) is 5.52 Å². The van der Waals surface area contributed by atoms with Crippen molar-refractivity contribution in [2.75, 3.05) is 26.2 Å². The van der Waals surface area contributed by atoms with Crippen LogP contribution >= 0.6 is 0 Å². The van der Waals surface area contributed by atoms with Gasteiger partial charge in [-0.25, -0.2) is 4.79 Å². The van der Waals surface area contributed by atoms with Crippen LogP contribution in [0.5, 0.6) is 5.75 Å². The summed E-state index contributed by atoms with van der Waals surface area (Å²) < 4.78 is 7.86. The lowest BCUT2D eigenvalue weighted by Gasteiger charge is -2.33. The first-order valence-electron chi connectivity index (χ1n) is 13.3. The summed E-state index contributed by atoms with van der Waals surface area (Å²) in [5.41, 5.74) is 2.50. The van der Waals surface area contributed by atoms with Crippen molar-refractivity contribution in [2.24, 2.45) is 5.92 Å². The highest BCUT2D eigenvalue weighted by Crippen LogP contribution is 2.32. The van der Waals surface area contributed by atoms with E-state index >= 15 is 0 Å². The molecule has 37 heavy (non-hydrogen) atoms. The zero-order valence-electron chi connectivity index (χ0n) is 21.6. The Labute approximate surface area is 218 Å². The molecule has 2 N–H and O–H groups in total. The van der Waals surface area contributed by atoms with Crippen molar-refractivity contribution in [3.63, 3.8) is 0 Å². The number of fused-ring (bicyclic) bond motifs is 2. The molecule has 6 heteroatoms. The van der Waals surface area contributed by atoms with Gasteiger partial charge in [-0.1, -0.05) is 62.4 Å². The van der Waals surface area contributed by atoms with Crippen LogP contribution in [0.25, 0.3) is 21.7 Å². The molecule has 6 nitrogen and oxygen atoms in total. The van der Waals surface area contributed by atoms with Gasteiger partial charge in [-0.15, -0.1) is 0 Å². The maximum absolute atomic E-state index is 11.8. The third-order valence-corrected chi connectivity index (χ3v) is 7.41. The highest BCUT2D eigenvalue weighted by molar-refractivity contribution is 5.97. The molecule has 1 atom stereocenters. The molecule has 0 aliphatic carbocycles. The molecule has 0 amide bonds. The summed E-state index contributed by atoms with van der Waals surface area (Å²) >= 11 is 0. The maximum atomic E-state index is 11.8. The molecule has 1 aliphatic heterocycles. The highest BCUT2D eigenvalue weighted by atomic mass is 16.5. The van der Waals surface area contributed by atoms with E-state index in [4.69, 9.17) is 4.74 Å². The average Bonchev–Trinajstić information content (AvgIpc) is 3.26. The molecule has 2 heterocycles. The lowest BCUT2D eigenvalue weighted by Crippen LogP contribution is -2.40. The average molecular weight is 501 g/mol. The first-order chi connectivity index (χ1) is 17.9. The van der Waals surface area contributed by atoms with Crippen LogP contribution < -0.4 is 4.74 Å². The Balaban J connectivity index is 1.18. The Kier molecular flexibility index (Phi) is 7.49. The van der Waals surface area contributed by atoms with Crippen LogP contribution in [0, 0.1) is 5.92 Å². The molecule has 0 spiro atoms. The minimum Gasteiger partial charge on any atom is -0.490 e. The maximum Gasteiger partial charge on any atom is 0.352 e. The predicted molar refractivity (Wildman–Crippen MR) is 148 cm³/mol. The normalized spacial score (nSPS) is 16.0. The van der Waals surface area contributed by atoms with Crippen LogP contribution in [0.2, 0.25) is 0 Å². The van der Waals surface area contributed by atoms with Gasteiger partial charge in [-0.3, -0.25) is 0 Å². The van der Waals surface area contributed by atoms with E-state index in [-0.39, 0.29) is 12.3 Å². The fourth-order valence-electron chi connectivity index (χ4n) is 5.57. The molecule has 1 aromatic heterocycles. The molecule has 0 saturated carbocycles. The number of nitrogens with zero attached hydrogens (tertiary/aromatic N) is 2. The van der Waals surface area contributed by atoms with E-state index in [0.29, 0.717) is 30.7 Å². The molecule has 0 radical (unpaired) electrons. The molecule has 1 unspecified atom stereocenters. The van der Waals surface area contributed by atoms with Gasteiger partial charge >= 0.3 is 5.97 Å². The number of hydrogen-bond acceptors (Lipinski definition) is 4. The van der Waals surface area contributed by atoms with Gasteiger partial charge in [0.15, 0.2) is 0 Å². The summed E-state index contributed by atoms with van der Waals surface area (Å²) in [6, 6.07) is 22.6. The minimum absolute atomic E-state index is 0.168. The number of carboxylic acids is 1. The Morgan fingerprint density at radius 2 is 1.73 bits per heavy atom. The summed E-state index contributed by atoms with van der Waals surface area (Å²) in [6.45, 7) is 7.38. The van der Waals surface area contributed by atoms with Gasteiger partial charge in [0.2, 0.25) is 0 Å². The number of likely N-dealkylation sites (tertiary alicyclic amines) is 1. The van der Waals surface area contributed by atoms with Gasteiger partial charge in [-0.05, 0) is 72.3 Å². The topological polar surface area (TPSA) is 74.9 Å². The van der Waals surface area contributed by atoms with E-state index in [0.717, 1.165) is 36.8 Å². The zero-order chi connectivity index (χ0) is 25.9.